The van der Waals surface area contributed by atoms with Crippen LogP contribution >= 0.6 is 0 Å². The summed E-state index contributed by atoms with van der Waals surface area (Å²) in [7, 11) is 1.34. The minimum Gasteiger partial charge on any atom is -0.464 e. The number of methoxy groups -OCH3 is 1. The highest BCUT2D eigenvalue weighted by atomic mass is 16.5. The summed E-state index contributed by atoms with van der Waals surface area (Å²) in [5.74, 6) is 0.0979. The van der Waals surface area contributed by atoms with Gasteiger partial charge in [0.1, 0.15) is 5.69 Å². The second-order valence-corrected chi connectivity index (χ2v) is 7.04. The Bertz CT molecular complexity index is 797. The fourth-order valence-electron chi connectivity index (χ4n) is 3.77. The van der Waals surface area contributed by atoms with Crippen LogP contribution in [0.5, 0.6) is 0 Å². The van der Waals surface area contributed by atoms with Gasteiger partial charge in [-0.25, -0.2) is 4.79 Å². The fourth-order valence-corrected chi connectivity index (χ4v) is 3.77. The molecule has 134 valence electrons. The average Bonchev–Trinajstić information content (AvgIpc) is 2.94. The van der Waals surface area contributed by atoms with Gasteiger partial charge in [0, 0.05) is 16.8 Å². The predicted molar refractivity (Wildman–Crippen MR) is 97.0 cm³/mol. The molecule has 25 heavy (non-hydrogen) atoms. The standard InChI is InChI=1S/C19H25N3O3/c1-12-6-5-9-22(10-12)11-15(23)21-17-16-13(2)7-4-8-14(16)20-18(17)19(24)25-3/h4,7-8,12,20H,5-6,9-11H2,1-3H3,(H,21,23)/p+1/t12-/m1/s1. The van der Waals surface area contributed by atoms with Gasteiger partial charge in [0.15, 0.2) is 6.54 Å². The molecule has 1 aliphatic rings. The number of piperidine rings is 1. The van der Waals surface area contributed by atoms with Gasteiger partial charge in [-0.2, -0.15) is 0 Å². The van der Waals surface area contributed by atoms with Gasteiger partial charge in [-0.1, -0.05) is 19.1 Å². The highest BCUT2D eigenvalue weighted by Crippen LogP contribution is 2.31. The summed E-state index contributed by atoms with van der Waals surface area (Å²) in [6, 6.07) is 5.77. The van der Waals surface area contributed by atoms with Crippen LogP contribution in [0.1, 0.15) is 35.8 Å². The minimum atomic E-state index is -0.482. The zero-order valence-corrected chi connectivity index (χ0v) is 15.1. The van der Waals surface area contributed by atoms with Crippen molar-refractivity contribution >= 4 is 28.5 Å². The number of hydrogen-bond donors (Lipinski definition) is 3. The van der Waals surface area contributed by atoms with Crippen molar-refractivity contribution in [2.75, 3.05) is 32.1 Å². The smallest absolute Gasteiger partial charge is 0.356 e. The van der Waals surface area contributed by atoms with Crippen LogP contribution < -0.4 is 10.2 Å². The summed E-state index contributed by atoms with van der Waals surface area (Å²) in [5, 5.41) is 3.82. The highest BCUT2D eigenvalue weighted by molar-refractivity contribution is 6.12. The molecule has 6 nitrogen and oxygen atoms in total. The quantitative estimate of drug-likeness (QED) is 0.736. The molecular weight excluding hydrogens is 318 g/mol. The van der Waals surface area contributed by atoms with Crippen molar-refractivity contribution in [1.82, 2.24) is 4.98 Å². The van der Waals surface area contributed by atoms with E-state index in [-0.39, 0.29) is 5.91 Å². The topological polar surface area (TPSA) is 75.6 Å². The monoisotopic (exact) mass is 344 g/mol. The Kier molecular flexibility index (Phi) is 5.08. The summed E-state index contributed by atoms with van der Waals surface area (Å²) < 4.78 is 4.87. The summed E-state index contributed by atoms with van der Waals surface area (Å²) >= 11 is 0. The van der Waals surface area contributed by atoms with E-state index in [4.69, 9.17) is 4.74 Å². The Hall–Kier alpha value is -2.34. The van der Waals surface area contributed by atoms with Gasteiger partial charge in [0.25, 0.3) is 5.91 Å². The molecule has 1 unspecified atom stereocenters. The van der Waals surface area contributed by atoms with E-state index in [1.165, 1.54) is 18.4 Å². The van der Waals surface area contributed by atoms with Crippen molar-refractivity contribution < 1.29 is 19.2 Å². The van der Waals surface area contributed by atoms with Crippen molar-refractivity contribution in [2.45, 2.75) is 26.7 Å². The number of aromatic amines is 1. The van der Waals surface area contributed by atoms with Crippen LogP contribution in [0.25, 0.3) is 10.9 Å². The molecule has 3 rings (SSSR count). The van der Waals surface area contributed by atoms with Gasteiger partial charge in [-0.3, -0.25) is 4.79 Å². The molecule has 0 radical (unpaired) electrons. The molecule has 3 N–H and O–H groups in total. The van der Waals surface area contributed by atoms with Crippen LogP contribution in [0.4, 0.5) is 5.69 Å². The number of esters is 1. The molecule has 0 aliphatic carbocycles. The number of aromatic nitrogens is 1. The molecule has 2 heterocycles. The molecule has 2 atom stereocenters. The molecule has 1 amide bonds. The van der Waals surface area contributed by atoms with Crippen LogP contribution in [0.3, 0.4) is 0 Å². The number of rotatable bonds is 4. The molecule has 1 aromatic carbocycles. The number of anilines is 1. The lowest BCUT2D eigenvalue weighted by molar-refractivity contribution is -0.900. The van der Waals surface area contributed by atoms with E-state index in [1.807, 2.05) is 25.1 Å². The SMILES string of the molecule is COC(=O)c1[nH]c2cccc(C)c2c1NC(=O)C[NH+]1CCC[C@@H](C)C1. The number of benzene rings is 1. The van der Waals surface area contributed by atoms with Crippen molar-refractivity contribution in [1.29, 1.82) is 0 Å². The van der Waals surface area contributed by atoms with E-state index in [2.05, 4.69) is 17.2 Å². The first-order chi connectivity index (χ1) is 12.0. The first-order valence-electron chi connectivity index (χ1n) is 8.82. The zero-order valence-electron chi connectivity index (χ0n) is 15.1. The van der Waals surface area contributed by atoms with E-state index in [0.29, 0.717) is 23.8 Å². The van der Waals surface area contributed by atoms with E-state index >= 15 is 0 Å². The maximum atomic E-state index is 12.6. The highest BCUT2D eigenvalue weighted by Gasteiger charge is 2.25. The molecule has 1 fully saturated rings. The second-order valence-electron chi connectivity index (χ2n) is 7.04. The van der Waals surface area contributed by atoms with Crippen LogP contribution in [0.15, 0.2) is 18.2 Å². The molecule has 2 aromatic rings. The van der Waals surface area contributed by atoms with E-state index in [9.17, 15) is 9.59 Å². The third-order valence-corrected chi connectivity index (χ3v) is 4.96. The molecule has 6 heteroatoms. The maximum absolute atomic E-state index is 12.6. The van der Waals surface area contributed by atoms with Crippen molar-refractivity contribution in [3.8, 4) is 0 Å². The number of hydrogen-bond acceptors (Lipinski definition) is 3. The van der Waals surface area contributed by atoms with Gasteiger partial charge in [-0.05, 0) is 31.4 Å². The van der Waals surface area contributed by atoms with Crippen LogP contribution in [0, 0.1) is 12.8 Å². The molecule has 0 saturated carbocycles. The van der Waals surface area contributed by atoms with E-state index < -0.39 is 5.97 Å². The van der Waals surface area contributed by atoms with Crippen LogP contribution in [0.2, 0.25) is 0 Å². The van der Waals surface area contributed by atoms with Gasteiger partial charge < -0.3 is 19.9 Å². The van der Waals surface area contributed by atoms with Crippen LogP contribution in [-0.2, 0) is 9.53 Å². The van der Waals surface area contributed by atoms with Crippen molar-refractivity contribution in [2.24, 2.45) is 5.92 Å². The summed E-state index contributed by atoms with van der Waals surface area (Å²) in [6.45, 7) is 6.65. The third-order valence-electron chi connectivity index (χ3n) is 4.96. The van der Waals surface area contributed by atoms with Gasteiger partial charge in [0.2, 0.25) is 0 Å². The molecule has 1 aliphatic heterocycles. The Balaban J connectivity index is 1.86. The molecule has 1 saturated heterocycles. The lowest BCUT2D eigenvalue weighted by Gasteiger charge is -2.27. The van der Waals surface area contributed by atoms with Gasteiger partial charge in [0.05, 0.1) is 25.9 Å². The van der Waals surface area contributed by atoms with E-state index in [1.54, 1.807) is 0 Å². The maximum Gasteiger partial charge on any atom is 0.356 e. The Labute approximate surface area is 147 Å². The minimum absolute atomic E-state index is 0.0709. The molecule has 1 aromatic heterocycles. The number of amides is 1. The van der Waals surface area contributed by atoms with Crippen LogP contribution in [-0.4, -0.2) is 43.6 Å². The Morgan fingerprint density at radius 2 is 2.20 bits per heavy atom. The normalized spacial score (nSPS) is 20.4. The Morgan fingerprint density at radius 1 is 1.40 bits per heavy atom. The molecule has 0 spiro atoms. The number of fused-ring (bicyclic) bond motifs is 1. The lowest BCUT2D eigenvalue weighted by atomic mass is 10.0. The second kappa shape index (κ2) is 7.27. The Morgan fingerprint density at radius 3 is 2.92 bits per heavy atom. The number of carbonyl (C=O) groups is 2. The zero-order chi connectivity index (χ0) is 18.0. The largest absolute Gasteiger partial charge is 0.464 e. The predicted octanol–water partition coefficient (Wildman–Crippen LogP) is 1.52. The average molecular weight is 344 g/mol. The summed E-state index contributed by atoms with van der Waals surface area (Å²) in [5.41, 5.74) is 2.63. The first kappa shape index (κ1) is 17.5. The molecular formula is C19H26N3O3+. The fraction of sp³-hybridized carbons (Fsp3) is 0.474. The van der Waals surface area contributed by atoms with E-state index in [0.717, 1.165) is 36.0 Å². The summed E-state index contributed by atoms with van der Waals surface area (Å²) in [4.78, 5) is 29.1. The number of nitrogens with one attached hydrogen (secondary N) is 3. The van der Waals surface area contributed by atoms with Crippen molar-refractivity contribution in [3.63, 3.8) is 0 Å². The number of quaternary nitrogens is 1. The van der Waals surface area contributed by atoms with Crippen molar-refractivity contribution in [3.05, 3.63) is 29.5 Å². The van der Waals surface area contributed by atoms with Gasteiger partial charge >= 0.3 is 5.97 Å². The lowest BCUT2D eigenvalue weighted by Crippen LogP contribution is -3.14. The number of H-pyrrole nitrogens is 1. The number of aryl methyl sites for hydroxylation is 1. The number of ether oxygens (including phenoxy) is 1. The molecule has 0 bridgehead atoms. The number of carbonyl (C=O) groups excluding carboxylic acids is 2. The van der Waals surface area contributed by atoms with Gasteiger partial charge in [-0.15, -0.1) is 0 Å². The summed E-state index contributed by atoms with van der Waals surface area (Å²) in [6.07, 6.45) is 2.39. The number of likely N-dealkylation sites (tertiary alicyclic amines) is 1. The third kappa shape index (κ3) is 3.69. The first-order valence-corrected chi connectivity index (χ1v) is 8.82.